The monoisotopic (exact) mass is 538 g/mol. The summed E-state index contributed by atoms with van der Waals surface area (Å²) in [6.45, 7) is 8.23. The molecule has 0 bridgehead atoms. The number of anilines is 1. The van der Waals surface area contributed by atoms with E-state index < -0.39 is 5.60 Å². The van der Waals surface area contributed by atoms with E-state index in [0.717, 1.165) is 31.4 Å². The summed E-state index contributed by atoms with van der Waals surface area (Å²) in [5.41, 5.74) is 1.59. The zero-order valence-corrected chi connectivity index (χ0v) is 23.0. The molecule has 1 heterocycles. The first-order valence-electron chi connectivity index (χ1n) is 13.1. The van der Waals surface area contributed by atoms with Gasteiger partial charge in [-0.1, -0.05) is 11.6 Å². The highest BCUT2D eigenvalue weighted by Crippen LogP contribution is 2.27. The summed E-state index contributed by atoms with van der Waals surface area (Å²) in [5.74, 6) is 0.586. The van der Waals surface area contributed by atoms with Crippen LogP contribution in [0.2, 0.25) is 5.02 Å². The van der Waals surface area contributed by atoms with Crippen LogP contribution in [0, 0.1) is 11.3 Å². The summed E-state index contributed by atoms with van der Waals surface area (Å²) in [4.78, 5) is 29.1. The van der Waals surface area contributed by atoms with Crippen LogP contribution >= 0.6 is 11.6 Å². The van der Waals surface area contributed by atoms with E-state index in [4.69, 9.17) is 26.3 Å². The van der Waals surface area contributed by atoms with Crippen molar-refractivity contribution in [2.75, 3.05) is 31.1 Å². The molecule has 4 rings (SSSR count). The number of nitriles is 1. The Kier molecular flexibility index (Phi) is 8.68. The first kappa shape index (κ1) is 27.6. The summed E-state index contributed by atoms with van der Waals surface area (Å²) in [6.07, 6.45) is 3.11. The maximum absolute atomic E-state index is 12.8. The van der Waals surface area contributed by atoms with Gasteiger partial charge >= 0.3 is 6.09 Å². The highest BCUT2D eigenvalue weighted by molar-refractivity contribution is 6.31. The molecular weight excluding hydrogens is 504 g/mol. The van der Waals surface area contributed by atoms with Gasteiger partial charge < -0.3 is 24.6 Å². The highest BCUT2D eigenvalue weighted by Gasteiger charge is 2.27. The standard InChI is InChI=1S/C29H35ClN4O4/c1-29(2,3)38-28(36)34-16-14-33(15-17-34)23-9-4-20(5-10-23)27(35)32-22-7-12-24(13-8-22)37-25-11-6-21(19-31)26(30)18-25/h4-6,9-11,18,22,24H,7-8,12-17H2,1-3H3,(H,32,35)/t22-,24-. The smallest absolute Gasteiger partial charge is 0.410 e. The molecule has 2 aromatic carbocycles. The fourth-order valence-corrected chi connectivity index (χ4v) is 4.96. The average molecular weight is 539 g/mol. The van der Waals surface area contributed by atoms with E-state index in [2.05, 4.69) is 10.2 Å². The molecule has 0 spiro atoms. The summed E-state index contributed by atoms with van der Waals surface area (Å²) >= 11 is 6.10. The third-order valence-corrected chi connectivity index (χ3v) is 7.11. The van der Waals surface area contributed by atoms with Crippen molar-refractivity contribution in [1.82, 2.24) is 10.2 Å². The van der Waals surface area contributed by atoms with Gasteiger partial charge in [0.15, 0.2) is 0 Å². The van der Waals surface area contributed by atoms with Gasteiger partial charge in [0.1, 0.15) is 17.4 Å². The average Bonchev–Trinajstić information content (AvgIpc) is 2.89. The van der Waals surface area contributed by atoms with Gasteiger partial charge in [-0.15, -0.1) is 0 Å². The Balaban J connectivity index is 1.21. The van der Waals surface area contributed by atoms with Crippen molar-refractivity contribution in [2.45, 2.75) is 64.2 Å². The number of benzene rings is 2. The van der Waals surface area contributed by atoms with Crippen molar-refractivity contribution in [2.24, 2.45) is 0 Å². The van der Waals surface area contributed by atoms with Crippen molar-refractivity contribution in [3.05, 3.63) is 58.6 Å². The van der Waals surface area contributed by atoms with Gasteiger partial charge in [-0.05, 0) is 82.9 Å². The maximum atomic E-state index is 12.8. The number of carbonyl (C=O) groups is 2. The molecule has 1 saturated heterocycles. The van der Waals surface area contributed by atoms with E-state index in [-0.39, 0.29) is 24.1 Å². The lowest BCUT2D eigenvalue weighted by atomic mass is 9.92. The number of nitrogens with zero attached hydrogens (tertiary/aromatic N) is 3. The molecule has 0 radical (unpaired) electrons. The SMILES string of the molecule is CC(C)(C)OC(=O)N1CCN(c2ccc(C(=O)N[C@H]3CC[C@H](Oc4ccc(C#N)c(Cl)c4)CC3)cc2)CC1. The Hall–Kier alpha value is -3.44. The lowest BCUT2D eigenvalue weighted by Crippen LogP contribution is -2.50. The number of ether oxygens (including phenoxy) is 2. The third-order valence-electron chi connectivity index (χ3n) is 6.80. The van der Waals surface area contributed by atoms with Gasteiger partial charge in [-0.3, -0.25) is 4.79 Å². The molecule has 0 atom stereocenters. The molecule has 2 amide bonds. The van der Waals surface area contributed by atoms with E-state index in [1.165, 1.54) is 0 Å². The van der Waals surface area contributed by atoms with Crippen LogP contribution in [-0.2, 0) is 4.74 Å². The second-order valence-corrected chi connectivity index (χ2v) is 11.2. The van der Waals surface area contributed by atoms with Crippen LogP contribution in [0.5, 0.6) is 5.75 Å². The molecule has 1 aliphatic heterocycles. The summed E-state index contributed by atoms with van der Waals surface area (Å²) in [5, 5.41) is 12.6. The van der Waals surface area contributed by atoms with Crippen LogP contribution in [0.3, 0.4) is 0 Å². The maximum Gasteiger partial charge on any atom is 0.410 e. The molecule has 2 aliphatic rings. The Labute approximate surface area is 229 Å². The summed E-state index contributed by atoms with van der Waals surface area (Å²) in [7, 11) is 0. The van der Waals surface area contributed by atoms with E-state index in [0.29, 0.717) is 48.1 Å². The molecule has 0 aromatic heterocycles. The Bertz CT molecular complexity index is 1170. The largest absolute Gasteiger partial charge is 0.490 e. The van der Waals surface area contributed by atoms with Crippen LogP contribution in [0.4, 0.5) is 10.5 Å². The number of hydrogen-bond acceptors (Lipinski definition) is 6. The molecule has 9 heteroatoms. The van der Waals surface area contributed by atoms with Gasteiger partial charge in [0.25, 0.3) is 5.91 Å². The van der Waals surface area contributed by atoms with E-state index in [1.54, 1.807) is 23.1 Å². The molecule has 2 fully saturated rings. The zero-order valence-electron chi connectivity index (χ0n) is 22.2. The fourth-order valence-electron chi connectivity index (χ4n) is 4.74. The predicted octanol–water partition coefficient (Wildman–Crippen LogP) is 5.39. The van der Waals surface area contributed by atoms with Crippen molar-refractivity contribution < 1.29 is 19.1 Å². The van der Waals surface area contributed by atoms with Crippen molar-refractivity contribution in [3.63, 3.8) is 0 Å². The number of amides is 2. The van der Waals surface area contributed by atoms with Crippen LogP contribution in [-0.4, -0.2) is 60.8 Å². The second-order valence-electron chi connectivity index (χ2n) is 10.8. The van der Waals surface area contributed by atoms with Crippen LogP contribution < -0.4 is 15.0 Å². The quantitative estimate of drug-likeness (QED) is 0.548. The van der Waals surface area contributed by atoms with E-state index in [1.807, 2.05) is 51.1 Å². The first-order valence-corrected chi connectivity index (χ1v) is 13.5. The highest BCUT2D eigenvalue weighted by atomic mass is 35.5. The number of nitrogens with one attached hydrogen (secondary N) is 1. The van der Waals surface area contributed by atoms with E-state index >= 15 is 0 Å². The molecule has 202 valence electrons. The van der Waals surface area contributed by atoms with E-state index in [9.17, 15) is 9.59 Å². The predicted molar refractivity (Wildman–Crippen MR) is 147 cm³/mol. The lowest BCUT2D eigenvalue weighted by molar-refractivity contribution is 0.0240. The summed E-state index contributed by atoms with van der Waals surface area (Å²) < 4.78 is 11.5. The zero-order chi connectivity index (χ0) is 27.3. The fraction of sp³-hybridized carbons (Fsp3) is 0.483. The van der Waals surface area contributed by atoms with Crippen LogP contribution in [0.25, 0.3) is 0 Å². The van der Waals surface area contributed by atoms with Gasteiger partial charge in [-0.2, -0.15) is 5.26 Å². The minimum absolute atomic E-state index is 0.0576. The van der Waals surface area contributed by atoms with Crippen LogP contribution in [0.15, 0.2) is 42.5 Å². The Morgan fingerprint density at radius 2 is 1.66 bits per heavy atom. The second kappa shape index (κ2) is 12.0. The van der Waals surface area contributed by atoms with Crippen molar-refractivity contribution >= 4 is 29.3 Å². The number of hydrogen-bond donors (Lipinski definition) is 1. The molecular formula is C29H35ClN4O4. The Morgan fingerprint density at radius 1 is 1.00 bits per heavy atom. The molecule has 8 nitrogen and oxygen atoms in total. The number of rotatable bonds is 5. The Morgan fingerprint density at radius 3 is 2.24 bits per heavy atom. The van der Waals surface area contributed by atoms with Gasteiger partial charge in [-0.25, -0.2) is 4.79 Å². The molecule has 1 aliphatic carbocycles. The molecule has 2 aromatic rings. The van der Waals surface area contributed by atoms with Crippen molar-refractivity contribution in [1.29, 1.82) is 5.26 Å². The topological polar surface area (TPSA) is 94.9 Å². The minimum atomic E-state index is -0.501. The normalized spacial score (nSPS) is 19.9. The number of halogens is 1. The third kappa shape index (κ3) is 7.32. The first-order chi connectivity index (χ1) is 18.1. The van der Waals surface area contributed by atoms with Gasteiger partial charge in [0, 0.05) is 49.5 Å². The molecule has 1 saturated carbocycles. The van der Waals surface area contributed by atoms with Crippen molar-refractivity contribution in [3.8, 4) is 11.8 Å². The van der Waals surface area contributed by atoms with Gasteiger partial charge in [0.05, 0.1) is 16.7 Å². The lowest BCUT2D eigenvalue weighted by Gasteiger charge is -2.36. The summed E-state index contributed by atoms with van der Waals surface area (Å²) in [6, 6.07) is 14.9. The molecule has 1 N–H and O–H groups in total. The minimum Gasteiger partial charge on any atom is -0.490 e. The van der Waals surface area contributed by atoms with Crippen LogP contribution in [0.1, 0.15) is 62.4 Å². The number of piperazine rings is 1. The van der Waals surface area contributed by atoms with Gasteiger partial charge in [0.2, 0.25) is 0 Å². The molecule has 38 heavy (non-hydrogen) atoms. The molecule has 0 unspecified atom stereocenters. The number of carbonyl (C=O) groups excluding carboxylic acids is 2.